The van der Waals surface area contributed by atoms with Gasteiger partial charge in [0.15, 0.2) is 0 Å². The Morgan fingerprint density at radius 1 is 0.256 bits per heavy atom. The van der Waals surface area contributed by atoms with Crippen LogP contribution in [0.4, 0.5) is 0 Å². The molecule has 9 aromatic carbocycles. The molecule has 4 heterocycles. The molecule has 0 saturated heterocycles. The molecule has 12 heteroatoms. The molecule has 0 bridgehead atoms. The van der Waals surface area contributed by atoms with Crippen LogP contribution in [0.25, 0.3) is 78.4 Å². The van der Waals surface area contributed by atoms with E-state index in [9.17, 15) is 0 Å². The van der Waals surface area contributed by atoms with Crippen LogP contribution in [0, 0.1) is 79.7 Å². The number of para-hydroxylation sites is 1. The molecule has 0 aliphatic carbocycles. The van der Waals surface area contributed by atoms with E-state index in [2.05, 4.69) is 236 Å². The van der Waals surface area contributed by atoms with E-state index in [1.54, 1.807) is 0 Å². The fourth-order valence-electron chi connectivity index (χ4n) is 9.91. The Morgan fingerprint density at radius 3 is 0.977 bits per heavy atom. The van der Waals surface area contributed by atoms with Gasteiger partial charge in [-0.05, 0) is 125 Å². The van der Waals surface area contributed by atoms with Gasteiger partial charge in [-0.3, -0.25) is 18.7 Å². The first-order chi connectivity index (χ1) is 39.9. The number of aryl methyl sites for hydroxylation is 8. The zero-order valence-electron chi connectivity index (χ0n) is 49.0. The normalized spacial score (nSPS) is 10.2. The van der Waals surface area contributed by atoms with Gasteiger partial charge in [0.25, 0.3) is 0 Å². The molecule has 0 amide bonds. The van der Waals surface area contributed by atoms with E-state index in [1.165, 1.54) is 50.1 Å². The first-order valence-corrected chi connectivity index (χ1v) is 27.5. The second kappa shape index (κ2) is 32.2. The molecule has 0 atom stereocenters. The van der Waals surface area contributed by atoms with Gasteiger partial charge in [0, 0.05) is 103 Å². The molecule has 13 aromatic rings. The molecule has 0 unspecified atom stereocenters. The minimum absolute atomic E-state index is 0. The van der Waals surface area contributed by atoms with E-state index in [0.29, 0.717) is 0 Å². The van der Waals surface area contributed by atoms with Crippen molar-refractivity contribution >= 4 is 0 Å². The molecule has 4 radical (unpaired) electrons. The summed E-state index contributed by atoms with van der Waals surface area (Å²) in [6.45, 7) is 16.3. The van der Waals surface area contributed by atoms with Crippen LogP contribution in [-0.4, -0.2) is 39.1 Å². The predicted molar refractivity (Wildman–Crippen MR) is 335 cm³/mol. The van der Waals surface area contributed by atoms with Crippen molar-refractivity contribution in [3.8, 4) is 78.4 Å². The summed E-state index contributed by atoms with van der Waals surface area (Å²) in [7, 11) is 0. The minimum Gasteiger partial charge on any atom is -0.263 e. The maximum atomic E-state index is 4.55. The molecule has 4 aromatic heterocycles. The maximum Gasteiger partial charge on any atom is 0.0600 e. The molecule has 0 fully saturated rings. The molecule has 0 N–H and O–H groups in total. The van der Waals surface area contributed by atoms with Crippen LogP contribution in [-0.2, 0) is 80.4 Å². The average molecular weight is 1830 g/mol. The van der Waals surface area contributed by atoms with Crippen LogP contribution < -0.4 is 0 Å². The van der Waals surface area contributed by atoms with Crippen molar-refractivity contribution in [2.24, 2.45) is 0 Å². The second-order valence-corrected chi connectivity index (χ2v) is 20.2. The van der Waals surface area contributed by atoms with Gasteiger partial charge in [0.1, 0.15) is 0 Å². The largest absolute Gasteiger partial charge is 0.263 e. The van der Waals surface area contributed by atoms with E-state index in [4.69, 9.17) is 0 Å². The Kier molecular flexibility index (Phi) is 25.3. The number of benzene rings is 9. The summed E-state index contributed by atoms with van der Waals surface area (Å²) >= 11 is 0. The molecular formula is C74H64Ir4N8-4. The number of rotatable bonds is 9. The molecule has 86 heavy (non-hydrogen) atoms. The summed E-state index contributed by atoms with van der Waals surface area (Å²) in [6, 6.07) is 96.2. The van der Waals surface area contributed by atoms with E-state index in [-0.39, 0.29) is 80.4 Å². The number of hydrogen-bond acceptors (Lipinski definition) is 4. The van der Waals surface area contributed by atoms with Crippen molar-refractivity contribution in [2.75, 3.05) is 0 Å². The molecule has 13 rings (SSSR count). The Morgan fingerprint density at radius 2 is 0.593 bits per heavy atom. The van der Waals surface area contributed by atoms with Crippen LogP contribution in [0.15, 0.2) is 243 Å². The molecule has 0 saturated carbocycles. The summed E-state index contributed by atoms with van der Waals surface area (Å²) in [4.78, 5) is 0. The van der Waals surface area contributed by atoms with Gasteiger partial charge in [0.2, 0.25) is 0 Å². The second-order valence-electron chi connectivity index (χ2n) is 20.2. The molecular weight excluding hydrogens is 1770 g/mol. The zero-order valence-corrected chi connectivity index (χ0v) is 58.6. The van der Waals surface area contributed by atoms with Crippen molar-refractivity contribution in [3.63, 3.8) is 0 Å². The first-order valence-electron chi connectivity index (χ1n) is 27.5. The Hall–Kier alpha value is -7.58. The van der Waals surface area contributed by atoms with Crippen LogP contribution in [0.5, 0.6) is 0 Å². The third kappa shape index (κ3) is 17.1. The summed E-state index contributed by atoms with van der Waals surface area (Å²) in [5.74, 6) is 0. The standard InChI is InChI=1S/C23H19N2.3C17H15N2.4Ir/c1-17-15-18(2)25(24-17)23-10-6-9-22(16-23)21-13-11-20(12-14-21)19-7-4-3-5-8-19;1-13-12-14(2)19(18-13)17-11-7-6-10-16(17)15-8-4-3-5-9-15;1-13-11-14(2)19(18-13)17-10-6-9-16(12-17)15-7-4-3-5-8-15;1-13-12-14(2)19(18-13)17-10-8-16(9-11-17)15-6-4-3-5-7-15;;;;/h3-9,11-16H,1-2H3;3-10,12H,1-2H3;3-9,11-12H,1-2H3;3-10,12H,1-2H3;;;;/q4*-1;;;;. The van der Waals surface area contributed by atoms with Gasteiger partial charge in [0.05, 0.1) is 22.8 Å². The zero-order chi connectivity index (χ0) is 57.0. The Labute approximate surface area is 560 Å². The molecule has 0 spiro atoms. The smallest absolute Gasteiger partial charge is 0.0600 e. The fourth-order valence-corrected chi connectivity index (χ4v) is 9.91. The summed E-state index contributed by atoms with van der Waals surface area (Å²) in [5, 5.41) is 18.1. The van der Waals surface area contributed by atoms with Gasteiger partial charge in [-0.25, -0.2) is 0 Å². The third-order valence-electron chi connectivity index (χ3n) is 13.8. The van der Waals surface area contributed by atoms with Crippen LogP contribution >= 0.6 is 0 Å². The van der Waals surface area contributed by atoms with E-state index >= 15 is 0 Å². The number of hydrogen-bond donors (Lipinski definition) is 0. The summed E-state index contributed by atoms with van der Waals surface area (Å²) in [6.07, 6.45) is 0. The Bertz CT molecular complexity index is 4170. The SMILES string of the molecule is Cc1cc(C)n(-c2[c-]cc(-c3ccccc3)cc2)n1.Cc1cc(C)n(-c2[c-]ccc(-c3ccc(-c4ccccc4)cc3)c2)n1.Cc1cc(C)n(-c2[c-]ccc(-c3ccccc3)c2)n1.Cc1cc(C)n(-c2[c-]cccc2-c2ccccc2)n1.[Ir].[Ir].[Ir].[Ir]. The van der Waals surface area contributed by atoms with Crippen molar-refractivity contribution in [3.05, 3.63) is 312 Å². The van der Waals surface area contributed by atoms with Crippen LogP contribution in [0.1, 0.15) is 45.6 Å². The molecule has 0 aliphatic heterocycles. The number of nitrogens with zero attached hydrogens (tertiary/aromatic N) is 8. The number of aromatic nitrogens is 8. The van der Waals surface area contributed by atoms with E-state index < -0.39 is 0 Å². The Balaban J connectivity index is 0.000000182. The summed E-state index contributed by atoms with van der Waals surface area (Å²) in [5.41, 5.74) is 24.4. The summed E-state index contributed by atoms with van der Waals surface area (Å²) < 4.78 is 7.75. The monoisotopic (exact) mass is 1840 g/mol. The fraction of sp³-hybridized carbons (Fsp3) is 0.108. The topological polar surface area (TPSA) is 71.3 Å². The quantitative estimate of drug-likeness (QED) is 0.135. The van der Waals surface area contributed by atoms with Crippen molar-refractivity contribution in [1.29, 1.82) is 0 Å². The van der Waals surface area contributed by atoms with Crippen molar-refractivity contribution in [1.82, 2.24) is 39.1 Å². The van der Waals surface area contributed by atoms with Crippen molar-refractivity contribution in [2.45, 2.75) is 55.4 Å². The van der Waals surface area contributed by atoms with E-state index in [1.807, 2.05) is 125 Å². The van der Waals surface area contributed by atoms with Gasteiger partial charge < -0.3 is 0 Å². The van der Waals surface area contributed by atoms with Gasteiger partial charge in [-0.2, -0.15) is 99.3 Å². The predicted octanol–water partition coefficient (Wildman–Crippen LogP) is 17.5. The van der Waals surface area contributed by atoms with Crippen LogP contribution in [0.2, 0.25) is 0 Å². The van der Waals surface area contributed by atoms with Gasteiger partial charge in [-0.15, -0.1) is 40.5 Å². The minimum atomic E-state index is 0. The molecule has 440 valence electrons. The van der Waals surface area contributed by atoms with Gasteiger partial charge >= 0.3 is 0 Å². The van der Waals surface area contributed by atoms with Crippen LogP contribution in [0.3, 0.4) is 0 Å². The van der Waals surface area contributed by atoms with E-state index in [0.717, 1.165) is 73.9 Å². The first kappa shape index (κ1) is 67.5. The third-order valence-corrected chi connectivity index (χ3v) is 13.8. The maximum absolute atomic E-state index is 4.55. The molecule has 8 nitrogen and oxygen atoms in total. The average Bonchev–Trinajstić information content (AvgIpc) is 3.08. The molecule has 0 aliphatic rings. The van der Waals surface area contributed by atoms with Crippen molar-refractivity contribution < 1.29 is 80.4 Å². The van der Waals surface area contributed by atoms with Gasteiger partial charge in [-0.1, -0.05) is 157 Å².